The lowest BCUT2D eigenvalue weighted by Gasteiger charge is -2.17. The first kappa shape index (κ1) is 22.0. The summed E-state index contributed by atoms with van der Waals surface area (Å²) in [6, 6.07) is 27.9. The fourth-order valence-electron chi connectivity index (χ4n) is 4.76. The molecule has 0 amide bonds. The summed E-state index contributed by atoms with van der Waals surface area (Å²) in [4.78, 5) is 9.64. The molecule has 0 saturated heterocycles. The molecule has 0 heterocycles. The minimum Gasteiger partial charge on any atom is -0.262 e. The minimum absolute atomic E-state index is 0.493. The van der Waals surface area contributed by atoms with E-state index in [1.54, 1.807) is 0 Å². The van der Waals surface area contributed by atoms with Gasteiger partial charge in [-0.1, -0.05) is 79.7 Å². The number of hydrogen-bond acceptors (Lipinski definition) is 2. The highest BCUT2D eigenvalue weighted by Gasteiger charge is 2.14. The van der Waals surface area contributed by atoms with Gasteiger partial charge in [0.25, 0.3) is 0 Å². The third-order valence-corrected chi connectivity index (χ3v) is 6.54. The van der Waals surface area contributed by atoms with Crippen LogP contribution < -0.4 is 0 Å². The summed E-state index contributed by atoms with van der Waals surface area (Å²) in [6.07, 6.45) is 11.0. The lowest BCUT2D eigenvalue weighted by atomic mass is 9.91. The normalized spacial score (nSPS) is 19.3. The first-order valence-corrected chi connectivity index (χ1v) is 12.1. The van der Waals surface area contributed by atoms with E-state index in [0.29, 0.717) is 5.92 Å². The number of hydrogen-bond donors (Lipinski definition) is 0. The Hall–Kier alpha value is -3.78. The molecule has 0 fully saturated rings. The van der Waals surface area contributed by atoms with E-state index in [-0.39, 0.29) is 0 Å². The van der Waals surface area contributed by atoms with Crippen molar-refractivity contribution in [2.45, 2.75) is 32.6 Å². The number of fused-ring (bicyclic) bond motifs is 2. The van der Waals surface area contributed by atoms with Crippen molar-refractivity contribution in [1.29, 1.82) is 0 Å². The Kier molecular flexibility index (Phi) is 6.49. The predicted molar refractivity (Wildman–Crippen MR) is 148 cm³/mol. The smallest absolute Gasteiger partial charge is 0.0895 e. The van der Waals surface area contributed by atoms with Gasteiger partial charge in [-0.15, -0.1) is 0 Å². The Morgan fingerprint density at radius 1 is 0.824 bits per heavy atom. The molecule has 1 aliphatic carbocycles. The van der Waals surface area contributed by atoms with Gasteiger partial charge in [0.2, 0.25) is 0 Å². The summed E-state index contributed by atoms with van der Waals surface area (Å²) in [6.45, 7) is 6.15. The van der Waals surface area contributed by atoms with Crippen molar-refractivity contribution in [2.75, 3.05) is 0 Å². The Labute approximate surface area is 202 Å². The maximum absolute atomic E-state index is 5.28. The maximum atomic E-state index is 5.28. The second-order valence-corrected chi connectivity index (χ2v) is 9.18. The molecule has 0 saturated carbocycles. The van der Waals surface area contributed by atoms with Crippen LogP contribution in [0.2, 0.25) is 0 Å². The average Bonchev–Trinajstić information content (AvgIpc) is 2.84. The van der Waals surface area contributed by atoms with Crippen molar-refractivity contribution in [3.8, 4) is 0 Å². The van der Waals surface area contributed by atoms with E-state index >= 15 is 0 Å². The van der Waals surface area contributed by atoms with Crippen LogP contribution in [0.4, 0.5) is 11.4 Å². The van der Waals surface area contributed by atoms with Gasteiger partial charge in [0.05, 0.1) is 11.4 Å². The average molecular weight is 443 g/mol. The Morgan fingerprint density at radius 3 is 2.21 bits per heavy atom. The lowest BCUT2D eigenvalue weighted by Crippen LogP contribution is -2.11. The molecule has 5 rings (SSSR count). The first-order valence-electron chi connectivity index (χ1n) is 12.1. The molecule has 0 N–H and O–H groups in total. The fraction of sp³-hybridized carbons (Fsp3) is 0.188. The fourth-order valence-corrected chi connectivity index (χ4v) is 4.76. The van der Waals surface area contributed by atoms with Crippen LogP contribution in [0.25, 0.3) is 21.5 Å². The molecule has 2 heteroatoms. The first-order chi connectivity index (χ1) is 16.7. The number of aliphatic imine (C=N–C) groups is 2. The maximum Gasteiger partial charge on any atom is 0.0895 e. The molecule has 0 radical (unpaired) electrons. The topological polar surface area (TPSA) is 24.7 Å². The van der Waals surface area contributed by atoms with Gasteiger partial charge >= 0.3 is 0 Å². The largest absolute Gasteiger partial charge is 0.262 e. The van der Waals surface area contributed by atoms with E-state index in [4.69, 9.17) is 4.99 Å². The van der Waals surface area contributed by atoms with E-state index in [1.165, 1.54) is 27.3 Å². The molecule has 0 aromatic heterocycles. The van der Waals surface area contributed by atoms with Gasteiger partial charge in [0.15, 0.2) is 0 Å². The van der Waals surface area contributed by atoms with E-state index in [0.717, 1.165) is 48.2 Å². The van der Waals surface area contributed by atoms with Crippen LogP contribution in [-0.2, 0) is 6.42 Å². The monoisotopic (exact) mass is 442 g/mol. The highest BCUT2D eigenvalue weighted by Crippen LogP contribution is 2.36. The van der Waals surface area contributed by atoms with Gasteiger partial charge in [-0.05, 0) is 88.8 Å². The van der Waals surface area contributed by atoms with Gasteiger partial charge < -0.3 is 0 Å². The molecule has 4 aromatic carbocycles. The van der Waals surface area contributed by atoms with Crippen molar-refractivity contribution in [3.05, 3.63) is 108 Å². The van der Waals surface area contributed by atoms with Gasteiger partial charge in [-0.2, -0.15) is 0 Å². The lowest BCUT2D eigenvalue weighted by molar-refractivity contribution is 0.716. The summed E-state index contributed by atoms with van der Waals surface area (Å²) in [5.74, 6) is 0.493. The van der Waals surface area contributed by atoms with E-state index < -0.39 is 0 Å². The molecule has 34 heavy (non-hydrogen) atoms. The predicted octanol–water partition coefficient (Wildman–Crippen LogP) is 8.94. The molecule has 2 nitrogen and oxygen atoms in total. The molecule has 1 aliphatic rings. The summed E-state index contributed by atoms with van der Waals surface area (Å²) >= 11 is 0. The SMILES string of the molecule is C=Nc1cc2cc3ccccc3cc2cc1N=C(Cc1ccccc1)/C1=C/CC/C=C\C(C)C1. The van der Waals surface area contributed by atoms with Crippen molar-refractivity contribution >= 4 is 45.3 Å². The molecule has 0 spiro atoms. The zero-order valence-electron chi connectivity index (χ0n) is 19.7. The third kappa shape index (κ3) is 4.92. The Balaban J connectivity index is 1.64. The molecule has 0 bridgehead atoms. The molecule has 0 aliphatic heterocycles. The van der Waals surface area contributed by atoms with Crippen LogP contribution in [0, 0.1) is 5.92 Å². The molecule has 1 atom stereocenters. The van der Waals surface area contributed by atoms with Crippen LogP contribution in [-0.4, -0.2) is 12.4 Å². The van der Waals surface area contributed by atoms with Crippen LogP contribution in [0.1, 0.15) is 31.7 Å². The summed E-state index contributed by atoms with van der Waals surface area (Å²) in [7, 11) is 0. The number of nitrogens with zero attached hydrogens (tertiary/aromatic N) is 2. The Morgan fingerprint density at radius 2 is 1.50 bits per heavy atom. The van der Waals surface area contributed by atoms with Gasteiger partial charge in [0, 0.05) is 12.1 Å². The van der Waals surface area contributed by atoms with E-state index in [1.807, 2.05) is 0 Å². The molecule has 168 valence electrons. The third-order valence-electron chi connectivity index (χ3n) is 6.54. The van der Waals surface area contributed by atoms with E-state index in [2.05, 4.69) is 116 Å². The van der Waals surface area contributed by atoms with Crippen LogP contribution >= 0.6 is 0 Å². The van der Waals surface area contributed by atoms with Gasteiger partial charge in [0.1, 0.15) is 0 Å². The standard InChI is InChI=1S/C32H30N2/c1-23-11-5-3-8-16-27(17-23)30(18-24-12-6-4-7-13-24)34-32-22-29-20-26-15-10-9-14-25(26)19-28(29)21-31(32)33-2/h4-7,9-16,19-23H,2-3,8,17-18H2,1H3/b11-5-,27-16+,34-30?. The number of rotatable bonds is 5. The zero-order chi connectivity index (χ0) is 23.3. The number of allylic oxidation sites excluding steroid dienone is 4. The molecular weight excluding hydrogens is 412 g/mol. The van der Waals surface area contributed by atoms with Gasteiger partial charge in [-0.25, -0.2) is 0 Å². The highest BCUT2D eigenvalue weighted by molar-refractivity contribution is 6.06. The van der Waals surface area contributed by atoms with Crippen molar-refractivity contribution in [1.82, 2.24) is 0 Å². The van der Waals surface area contributed by atoms with Crippen molar-refractivity contribution in [2.24, 2.45) is 15.9 Å². The van der Waals surface area contributed by atoms with Gasteiger partial charge in [-0.3, -0.25) is 9.98 Å². The minimum atomic E-state index is 0.493. The van der Waals surface area contributed by atoms with E-state index in [9.17, 15) is 0 Å². The van der Waals surface area contributed by atoms with Crippen LogP contribution in [0.3, 0.4) is 0 Å². The second-order valence-electron chi connectivity index (χ2n) is 9.18. The summed E-state index contributed by atoms with van der Waals surface area (Å²) < 4.78 is 0. The molecular formula is C32H30N2. The highest BCUT2D eigenvalue weighted by atomic mass is 14.8. The quantitative estimate of drug-likeness (QED) is 0.167. The van der Waals surface area contributed by atoms with Crippen molar-refractivity contribution < 1.29 is 0 Å². The molecule has 1 unspecified atom stereocenters. The van der Waals surface area contributed by atoms with Crippen LogP contribution in [0.15, 0.2) is 113 Å². The zero-order valence-corrected chi connectivity index (χ0v) is 19.7. The summed E-state index contributed by atoms with van der Waals surface area (Å²) in [5.41, 5.74) is 5.45. The number of benzene rings is 4. The molecule has 4 aromatic rings. The second kappa shape index (κ2) is 10.0. The Bertz CT molecular complexity index is 1420. The van der Waals surface area contributed by atoms with Crippen LogP contribution in [0.5, 0.6) is 0 Å². The summed E-state index contributed by atoms with van der Waals surface area (Å²) in [5, 5.41) is 4.80. The van der Waals surface area contributed by atoms with Crippen molar-refractivity contribution in [3.63, 3.8) is 0 Å².